The summed E-state index contributed by atoms with van der Waals surface area (Å²) in [6.07, 6.45) is 0.811. The molecular weight excluding hydrogens is 262 g/mol. The molecule has 106 valence electrons. The van der Waals surface area contributed by atoms with E-state index in [4.69, 9.17) is 4.42 Å². The number of hydrogen-bond acceptors (Lipinski definition) is 3. The van der Waals surface area contributed by atoms with Crippen LogP contribution in [0.5, 0.6) is 0 Å². The summed E-state index contributed by atoms with van der Waals surface area (Å²) >= 11 is 0. The van der Waals surface area contributed by atoms with Crippen LogP contribution in [-0.4, -0.2) is 14.1 Å². The monoisotopic (exact) mass is 279 g/mol. The summed E-state index contributed by atoms with van der Waals surface area (Å²) < 4.78 is 5.74. The minimum atomic E-state index is -0.00476. The Bertz CT molecular complexity index is 819. The number of fused-ring (bicyclic) bond motifs is 1. The Morgan fingerprint density at radius 1 is 0.952 bits per heavy atom. The zero-order chi connectivity index (χ0) is 14.8. The maximum atomic E-state index is 12.2. The summed E-state index contributed by atoms with van der Waals surface area (Å²) in [4.78, 5) is 14.0. The highest BCUT2D eigenvalue weighted by atomic mass is 16.4. The second-order valence-electron chi connectivity index (χ2n) is 5.34. The van der Waals surface area contributed by atoms with E-state index in [1.54, 1.807) is 4.90 Å². The van der Waals surface area contributed by atoms with E-state index in [9.17, 15) is 4.79 Å². The van der Waals surface area contributed by atoms with Crippen molar-refractivity contribution in [3.05, 3.63) is 75.9 Å². The lowest BCUT2D eigenvalue weighted by atomic mass is 10.0. The van der Waals surface area contributed by atoms with E-state index in [1.165, 1.54) is 11.6 Å². The Morgan fingerprint density at radius 2 is 1.71 bits per heavy atom. The van der Waals surface area contributed by atoms with Crippen molar-refractivity contribution in [3.8, 4) is 0 Å². The highest BCUT2D eigenvalue weighted by molar-refractivity contribution is 5.78. The molecule has 0 fully saturated rings. The van der Waals surface area contributed by atoms with Gasteiger partial charge < -0.3 is 9.32 Å². The molecule has 1 heterocycles. The van der Waals surface area contributed by atoms with Gasteiger partial charge in [-0.15, -0.1) is 0 Å². The van der Waals surface area contributed by atoms with Crippen LogP contribution in [0.15, 0.2) is 63.8 Å². The number of nitrogens with zero attached hydrogens (tertiary/aromatic N) is 1. The molecule has 3 aromatic rings. The molecule has 3 heteroatoms. The molecule has 0 aliphatic carbocycles. The predicted molar refractivity (Wildman–Crippen MR) is 86.1 cm³/mol. The average Bonchev–Trinajstić information content (AvgIpc) is 2.48. The highest BCUT2D eigenvalue weighted by Gasteiger charge is 2.07. The summed E-state index contributed by atoms with van der Waals surface area (Å²) in [7, 11) is 3.71. The van der Waals surface area contributed by atoms with Gasteiger partial charge in [0.1, 0.15) is 5.58 Å². The summed E-state index contributed by atoms with van der Waals surface area (Å²) in [6.45, 7) is 0. The molecule has 0 unspecified atom stereocenters. The van der Waals surface area contributed by atoms with Crippen LogP contribution in [0.2, 0.25) is 0 Å². The Labute approximate surface area is 123 Å². The molecule has 0 bridgehead atoms. The van der Waals surface area contributed by atoms with E-state index >= 15 is 0 Å². The number of anilines is 1. The lowest BCUT2D eigenvalue weighted by Gasteiger charge is -2.11. The van der Waals surface area contributed by atoms with Crippen LogP contribution >= 0.6 is 0 Å². The summed E-state index contributed by atoms with van der Waals surface area (Å²) in [5, 5.41) is 0.633. The molecular formula is C18H17NO2. The number of benzene rings is 2. The zero-order valence-corrected chi connectivity index (χ0v) is 12.2. The van der Waals surface area contributed by atoms with E-state index in [1.807, 2.05) is 50.5 Å². The van der Waals surface area contributed by atoms with Crippen LogP contribution in [0.1, 0.15) is 11.1 Å². The first-order valence-corrected chi connectivity index (χ1v) is 6.91. The van der Waals surface area contributed by atoms with Gasteiger partial charge in [-0.25, -0.2) is 0 Å². The van der Waals surface area contributed by atoms with Gasteiger partial charge in [0.25, 0.3) is 0 Å². The van der Waals surface area contributed by atoms with Gasteiger partial charge in [-0.3, -0.25) is 4.79 Å². The van der Waals surface area contributed by atoms with Crippen molar-refractivity contribution in [1.29, 1.82) is 0 Å². The first-order valence-electron chi connectivity index (χ1n) is 6.91. The molecule has 0 radical (unpaired) electrons. The molecule has 0 amide bonds. The van der Waals surface area contributed by atoms with Gasteiger partial charge in [-0.1, -0.05) is 36.4 Å². The van der Waals surface area contributed by atoms with Crippen LogP contribution in [0.25, 0.3) is 11.0 Å². The SMILES string of the molecule is CN(C)c1cc(=O)c2cc(Cc3ccccc3)ccc2o1. The zero-order valence-electron chi connectivity index (χ0n) is 12.2. The van der Waals surface area contributed by atoms with Gasteiger partial charge in [0, 0.05) is 20.2 Å². The quantitative estimate of drug-likeness (QED) is 0.736. The maximum Gasteiger partial charge on any atom is 0.199 e. The van der Waals surface area contributed by atoms with E-state index < -0.39 is 0 Å². The molecule has 1 aromatic heterocycles. The molecule has 0 atom stereocenters. The van der Waals surface area contributed by atoms with Crippen molar-refractivity contribution >= 4 is 16.9 Å². The van der Waals surface area contributed by atoms with E-state index in [-0.39, 0.29) is 5.43 Å². The molecule has 0 N–H and O–H groups in total. The Morgan fingerprint density at radius 3 is 2.43 bits per heavy atom. The molecule has 0 spiro atoms. The fourth-order valence-corrected chi connectivity index (χ4v) is 2.35. The Hall–Kier alpha value is -2.55. The molecule has 0 saturated carbocycles. The fraction of sp³-hybridized carbons (Fsp3) is 0.167. The summed E-state index contributed by atoms with van der Waals surface area (Å²) in [5.74, 6) is 0.573. The van der Waals surface area contributed by atoms with Crippen molar-refractivity contribution < 1.29 is 4.42 Å². The number of rotatable bonds is 3. The van der Waals surface area contributed by atoms with Gasteiger partial charge in [-0.05, 0) is 29.7 Å². The normalized spacial score (nSPS) is 10.8. The molecule has 21 heavy (non-hydrogen) atoms. The van der Waals surface area contributed by atoms with Gasteiger partial charge >= 0.3 is 0 Å². The van der Waals surface area contributed by atoms with Gasteiger partial charge in [-0.2, -0.15) is 0 Å². The van der Waals surface area contributed by atoms with Crippen LogP contribution < -0.4 is 10.3 Å². The van der Waals surface area contributed by atoms with Crippen molar-refractivity contribution in [2.75, 3.05) is 19.0 Å². The first-order chi connectivity index (χ1) is 10.1. The fourth-order valence-electron chi connectivity index (χ4n) is 2.35. The van der Waals surface area contributed by atoms with Crippen molar-refractivity contribution in [2.24, 2.45) is 0 Å². The number of hydrogen-bond donors (Lipinski definition) is 0. The third-order valence-corrected chi connectivity index (χ3v) is 3.47. The van der Waals surface area contributed by atoms with Crippen LogP contribution in [0, 0.1) is 0 Å². The second kappa shape index (κ2) is 5.44. The Balaban J connectivity index is 2.03. The molecule has 0 aliphatic heterocycles. The standard InChI is InChI=1S/C18H17NO2/c1-19(2)18-12-16(20)15-11-14(8-9-17(15)21-18)10-13-6-4-3-5-7-13/h3-9,11-12H,10H2,1-2H3. The van der Waals surface area contributed by atoms with Gasteiger partial charge in [0.2, 0.25) is 0 Å². The lowest BCUT2D eigenvalue weighted by Crippen LogP contribution is -2.12. The maximum absolute atomic E-state index is 12.2. The van der Waals surface area contributed by atoms with E-state index in [0.717, 1.165) is 12.0 Å². The highest BCUT2D eigenvalue weighted by Crippen LogP contribution is 2.20. The molecule has 0 saturated heterocycles. The lowest BCUT2D eigenvalue weighted by molar-refractivity contribution is 0.597. The van der Waals surface area contributed by atoms with Crippen LogP contribution in [0.4, 0.5) is 5.88 Å². The molecule has 0 aliphatic rings. The van der Waals surface area contributed by atoms with Crippen LogP contribution in [-0.2, 0) is 6.42 Å². The predicted octanol–water partition coefficient (Wildman–Crippen LogP) is 3.45. The first kappa shape index (κ1) is 13.4. The van der Waals surface area contributed by atoms with Crippen molar-refractivity contribution in [1.82, 2.24) is 0 Å². The van der Waals surface area contributed by atoms with Crippen LogP contribution in [0.3, 0.4) is 0 Å². The van der Waals surface area contributed by atoms with Crippen molar-refractivity contribution in [3.63, 3.8) is 0 Å². The second-order valence-corrected chi connectivity index (χ2v) is 5.34. The Kier molecular flexibility index (Phi) is 3.48. The van der Waals surface area contributed by atoms with Gasteiger partial charge in [0.05, 0.1) is 5.39 Å². The smallest absolute Gasteiger partial charge is 0.199 e. The third-order valence-electron chi connectivity index (χ3n) is 3.47. The largest absolute Gasteiger partial charge is 0.440 e. The molecule has 2 aromatic carbocycles. The van der Waals surface area contributed by atoms with E-state index in [2.05, 4.69) is 12.1 Å². The topological polar surface area (TPSA) is 33.5 Å². The summed E-state index contributed by atoms with van der Waals surface area (Å²) in [6, 6.07) is 17.6. The molecule has 3 rings (SSSR count). The molecule has 3 nitrogen and oxygen atoms in total. The van der Waals surface area contributed by atoms with Crippen molar-refractivity contribution in [2.45, 2.75) is 6.42 Å². The summed E-state index contributed by atoms with van der Waals surface area (Å²) in [5.41, 5.74) is 2.96. The minimum absolute atomic E-state index is 0.00476. The van der Waals surface area contributed by atoms with Gasteiger partial charge in [0.15, 0.2) is 11.3 Å². The average molecular weight is 279 g/mol. The third kappa shape index (κ3) is 2.82. The van der Waals surface area contributed by atoms with E-state index in [0.29, 0.717) is 16.9 Å². The minimum Gasteiger partial charge on any atom is -0.440 e.